The topological polar surface area (TPSA) is 55.8 Å². The van der Waals surface area contributed by atoms with E-state index in [2.05, 4.69) is 15.9 Å². The molecule has 1 aliphatic carbocycles. The lowest BCUT2D eigenvalue weighted by atomic mass is 10.1. The zero-order chi connectivity index (χ0) is 19.9. The van der Waals surface area contributed by atoms with Crippen LogP contribution in [0.5, 0.6) is 11.5 Å². The molecule has 0 aromatic heterocycles. The third-order valence-corrected chi connectivity index (χ3v) is 7.99. The zero-order valence-electron chi connectivity index (χ0n) is 15.4. The normalized spacial score (nSPS) is 18.0. The van der Waals surface area contributed by atoms with Gasteiger partial charge in [0.25, 0.3) is 0 Å². The summed E-state index contributed by atoms with van der Waals surface area (Å²) >= 11 is 3.20. The summed E-state index contributed by atoms with van der Waals surface area (Å²) in [6.07, 6.45) is 2.43. The van der Waals surface area contributed by atoms with E-state index < -0.39 is 21.9 Å². The van der Waals surface area contributed by atoms with Crippen molar-refractivity contribution in [2.45, 2.75) is 43.2 Å². The molecule has 1 unspecified atom stereocenters. The van der Waals surface area contributed by atoms with E-state index in [-0.39, 0.29) is 15.4 Å². The summed E-state index contributed by atoms with van der Waals surface area (Å²) in [7, 11) is -3.81. The number of benzene rings is 2. The Labute approximate surface area is 172 Å². The van der Waals surface area contributed by atoms with Gasteiger partial charge >= 0.3 is 0 Å². The van der Waals surface area contributed by atoms with Crippen LogP contribution < -0.4 is 9.47 Å². The minimum absolute atomic E-state index is 0.0621. The van der Waals surface area contributed by atoms with Crippen LogP contribution in [0, 0.1) is 5.82 Å². The second kappa shape index (κ2) is 7.65. The molecule has 150 valence electrons. The summed E-state index contributed by atoms with van der Waals surface area (Å²) in [6.45, 7) is 3.04. The second-order valence-corrected chi connectivity index (χ2v) is 9.74. The smallest absolute Gasteiger partial charge is 0.245 e. The maximum Gasteiger partial charge on any atom is 0.245 e. The van der Waals surface area contributed by atoms with Crippen molar-refractivity contribution in [2.24, 2.45) is 0 Å². The molecule has 4 rings (SSSR count). The molecule has 1 heterocycles. The molecule has 0 bridgehead atoms. The van der Waals surface area contributed by atoms with E-state index in [9.17, 15) is 12.8 Å². The van der Waals surface area contributed by atoms with Crippen molar-refractivity contribution in [1.82, 2.24) is 4.31 Å². The van der Waals surface area contributed by atoms with Gasteiger partial charge in [-0.2, -0.15) is 4.31 Å². The van der Waals surface area contributed by atoms with Gasteiger partial charge in [0, 0.05) is 23.0 Å². The number of hydrogen-bond acceptors (Lipinski definition) is 4. The van der Waals surface area contributed by atoms with E-state index in [0.29, 0.717) is 24.7 Å². The van der Waals surface area contributed by atoms with Gasteiger partial charge in [0.05, 0.1) is 18.1 Å². The fourth-order valence-electron chi connectivity index (χ4n) is 3.43. The molecule has 1 aliphatic heterocycles. The summed E-state index contributed by atoms with van der Waals surface area (Å²) in [6, 6.07) is 8.76. The Morgan fingerprint density at radius 3 is 2.50 bits per heavy atom. The van der Waals surface area contributed by atoms with Crippen LogP contribution in [0.1, 0.15) is 37.8 Å². The van der Waals surface area contributed by atoms with Gasteiger partial charge in [-0.25, -0.2) is 12.8 Å². The summed E-state index contributed by atoms with van der Waals surface area (Å²) in [5, 5.41) is 0. The zero-order valence-corrected chi connectivity index (χ0v) is 17.8. The number of hydrogen-bond donors (Lipinski definition) is 0. The van der Waals surface area contributed by atoms with Crippen LogP contribution in [0.25, 0.3) is 0 Å². The van der Waals surface area contributed by atoms with Crippen molar-refractivity contribution in [2.75, 3.05) is 13.2 Å². The minimum atomic E-state index is -3.81. The first-order valence-corrected chi connectivity index (χ1v) is 11.5. The first-order valence-electron chi connectivity index (χ1n) is 9.26. The van der Waals surface area contributed by atoms with E-state index in [1.165, 1.54) is 22.5 Å². The van der Waals surface area contributed by atoms with Gasteiger partial charge in [0.15, 0.2) is 11.5 Å². The van der Waals surface area contributed by atoms with Crippen LogP contribution in [0.4, 0.5) is 4.39 Å². The number of nitrogens with zero attached hydrogens (tertiary/aromatic N) is 1. The van der Waals surface area contributed by atoms with Gasteiger partial charge in [-0.15, -0.1) is 0 Å². The van der Waals surface area contributed by atoms with Gasteiger partial charge in [0.2, 0.25) is 10.0 Å². The predicted octanol–water partition coefficient (Wildman–Crippen LogP) is 4.66. The molecule has 1 fully saturated rings. The maximum absolute atomic E-state index is 13.5. The third kappa shape index (κ3) is 3.77. The molecule has 1 atom stereocenters. The predicted molar refractivity (Wildman–Crippen MR) is 107 cm³/mol. The van der Waals surface area contributed by atoms with Crippen molar-refractivity contribution >= 4 is 26.0 Å². The van der Waals surface area contributed by atoms with Gasteiger partial charge in [-0.1, -0.05) is 6.07 Å². The van der Waals surface area contributed by atoms with Crippen LogP contribution >= 0.6 is 15.9 Å². The number of ether oxygens (including phenoxy) is 2. The van der Waals surface area contributed by atoms with Crippen LogP contribution in [-0.2, 0) is 10.0 Å². The van der Waals surface area contributed by atoms with Crippen LogP contribution in [0.3, 0.4) is 0 Å². The lowest BCUT2D eigenvalue weighted by molar-refractivity contribution is 0.296. The Hall–Kier alpha value is -1.64. The van der Waals surface area contributed by atoms with Crippen LogP contribution in [-0.4, -0.2) is 32.0 Å². The molecule has 2 aromatic rings. The molecule has 2 aromatic carbocycles. The van der Waals surface area contributed by atoms with Gasteiger partial charge in [-0.05, 0) is 71.6 Å². The summed E-state index contributed by atoms with van der Waals surface area (Å²) < 4.78 is 53.5. The summed E-state index contributed by atoms with van der Waals surface area (Å²) in [5.41, 5.74) is 0.831. The minimum Gasteiger partial charge on any atom is -0.490 e. The standard InChI is InChI=1S/C20H21BrFNO4S/c1-13(14-3-7-18-19(11-14)27-10-2-9-26-18)23(16-5-6-16)28(24,25)20-8-4-15(22)12-17(20)21/h3-4,7-8,11-13,16H,2,5-6,9-10H2,1H3. The van der Waals surface area contributed by atoms with E-state index in [0.717, 1.165) is 24.8 Å². The molecular formula is C20H21BrFNO4S. The Morgan fingerprint density at radius 1 is 1.11 bits per heavy atom. The number of sulfonamides is 1. The Balaban J connectivity index is 1.71. The van der Waals surface area contributed by atoms with Crippen LogP contribution in [0.2, 0.25) is 0 Å². The molecule has 8 heteroatoms. The van der Waals surface area contributed by atoms with E-state index in [1.54, 1.807) is 0 Å². The molecule has 0 N–H and O–H groups in total. The highest BCUT2D eigenvalue weighted by molar-refractivity contribution is 9.10. The van der Waals surface area contributed by atoms with Crippen LogP contribution in [0.15, 0.2) is 45.8 Å². The number of rotatable bonds is 5. The van der Waals surface area contributed by atoms with Crippen molar-refractivity contribution in [3.63, 3.8) is 0 Å². The Morgan fingerprint density at radius 2 is 1.82 bits per heavy atom. The molecule has 0 saturated heterocycles. The summed E-state index contributed by atoms with van der Waals surface area (Å²) in [5.74, 6) is 0.827. The highest BCUT2D eigenvalue weighted by Crippen LogP contribution is 2.42. The maximum atomic E-state index is 13.5. The highest BCUT2D eigenvalue weighted by Gasteiger charge is 2.42. The SMILES string of the molecule is CC(c1ccc2c(c1)OCCCO2)N(C1CC1)S(=O)(=O)c1ccc(F)cc1Br. The first-order chi connectivity index (χ1) is 13.4. The monoisotopic (exact) mass is 469 g/mol. The van der Waals surface area contributed by atoms with E-state index in [1.807, 2.05) is 25.1 Å². The molecular weight excluding hydrogens is 449 g/mol. The molecule has 5 nitrogen and oxygen atoms in total. The average Bonchev–Trinajstić information content (AvgIpc) is 3.47. The highest BCUT2D eigenvalue weighted by atomic mass is 79.9. The summed E-state index contributed by atoms with van der Waals surface area (Å²) in [4.78, 5) is 0.0713. The lowest BCUT2D eigenvalue weighted by Gasteiger charge is -2.29. The van der Waals surface area contributed by atoms with Crippen molar-refractivity contribution in [3.05, 3.63) is 52.3 Å². The average molecular weight is 470 g/mol. The lowest BCUT2D eigenvalue weighted by Crippen LogP contribution is -2.35. The number of halogens is 2. The first kappa shape index (κ1) is 19.7. The molecule has 0 amide bonds. The van der Waals surface area contributed by atoms with Gasteiger partial charge in [0.1, 0.15) is 5.82 Å². The Bertz CT molecular complexity index is 994. The largest absolute Gasteiger partial charge is 0.490 e. The van der Waals surface area contributed by atoms with E-state index in [4.69, 9.17) is 9.47 Å². The number of fused-ring (bicyclic) bond motifs is 1. The molecule has 0 radical (unpaired) electrons. The fourth-order valence-corrected chi connectivity index (χ4v) is 6.31. The second-order valence-electron chi connectivity index (χ2n) is 7.07. The molecule has 28 heavy (non-hydrogen) atoms. The van der Waals surface area contributed by atoms with Gasteiger partial charge in [-0.3, -0.25) is 0 Å². The third-order valence-electron chi connectivity index (χ3n) is 4.99. The fraction of sp³-hybridized carbons (Fsp3) is 0.400. The van der Waals surface area contributed by atoms with Crippen molar-refractivity contribution < 1.29 is 22.3 Å². The quantitative estimate of drug-likeness (QED) is 0.638. The molecule has 1 saturated carbocycles. The van der Waals surface area contributed by atoms with E-state index >= 15 is 0 Å². The molecule has 2 aliphatic rings. The van der Waals surface area contributed by atoms with Crippen molar-refractivity contribution in [3.8, 4) is 11.5 Å². The Kier molecular flexibility index (Phi) is 5.37. The van der Waals surface area contributed by atoms with Gasteiger partial charge < -0.3 is 9.47 Å². The molecule has 0 spiro atoms. The van der Waals surface area contributed by atoms with Crippen molar-refractivity contribution in [1.29, 1.82) is 0 Å².